The summed E-state index contributed by atoms with van der Waals surface area (Å²) >= 11 is 1.82. The number of thiazole rings is 1. The van der Waals surface area contributed by atoms with Crippen molar-refractivity contribution < 1.29 is 4.74 Å². The predicted octanol–water partition coefficient (Wildman–Crippen LogP) is 3.13. The Morgan fingerprint density at radius 3 is 2.95 bits per heavy atom. The van der Waals surface area contributed by atoms with Gasteiger partial charge in [0.1, 0.15) is 0 Å². The smallest absolute Gasteiger partial charge is 0.185 e. The van der Waals surface area contributed by atoms with Crippen molar-refractivity contribution >= 4 is 16.5 Å². The number of rotatable bonds is 5. The summed E-state index contributed by atoms with van der Waals surface area (Å²) in [5.41, 5.74) is 1.12. The summed E-state index contributed by atoms with van der Waals surface area (Å²) in [7, 11) is 1.81. The molecule has 1 saturated heterocycles. The van der Waals surface area contributed by atoms with Gasteiger partial charge in [-0.3, -0.25) is 0 Å². The van der Waals surface area contributed by atoms with Crippen LogP contribution >= 0.6 is 11.3 Å². The molecule has 1 aromatic heterocycles. The van der Waals surface area contributed by atoms with Crippen LogP contribution in [-0.2, 0) is 4.74 Å². The van der Waals surface area contributed by atoms with Crippen LogP contribution in [0, 0.1) is 6.92 Å². The minimum Gasteiger partial charge on any atom is -0.377 e. The molecule has 1 aliphatic rings. The van der Waals surface area contributed by atoms with E-state index >= 15 is 0 Å². The number of methoxy groups -OCH3 is 1. The van der Waals surface area contributed by atoms with E-state index in [9.17, 15) is 0 Å². The molecular formula is C15H27N3OS. The first-order chi connectivity index (χ1) is 9.49. The minimum atomic E-state index is -0.0364. The Hall–Kier alpha value is -0.650. The van der Waals surface area contributed by atoms with Crippen molar-refractivity contribution in [2.24, 2.45) is 0 Å². The van der Waals surface area contributed by atoms with Gasteiger partial charge in [0, 0.05) is 31.1 Å². The molecule has 1 fully saturated rings. The summed E-state index contributed by atoms with van der Waals surface area (Å²) in [6.07, 6.45) is 2.30. The van der Waals surface area contributed by atoms with Gasteiger partial charge in [-0.2, -0.15) is 0 Å². The van der Waals surface area contributed by atoms with E-state index in [1.54, 1.807) is 0 Å². The largest absolute Gasteiger partial charge is 0.377 e. The summed E-state index contributed by atoms with van der Waals surface area (Å²) in [5.74, 6) is 0. The van der Waals surface area contributed by atoms with E-state index in [2.05, 4.69) is 37.9 Å². The van der Waals surface area contributed by atoms with E-state index in [4.69, 9.17) is 9.72 Å². The van der Waals surface area contributed by atoms with Crippen molar-refractivity contribution in [3.05, 3.63) is 10.6 Å². The van der Waals surface area contributed by atoms with Gasteiger partial charge in [0.05, 0.1) is 11.3 Å². The molecule has 0 aromatic carbocycles. The highest BCUT2D eigenvalue weighted by Gasteiger charge is 2.32. The topological polar surface area (TPSA) is 37.4 Å². The van der Waals surface area contributed by atoms with E-state index < -0.39 is 0 Å². The summed E-state index contributed by atoms with van der Waals surface area (Å²) in [6, 6.07) is 0.379. The lowest BCUT2D eigenvalue weighted by Gasteiger charge is -2.39. The van der Waals surface area contributed by atoms with Gasteiger partial charge >= 0.3 is 0 Å². The van der Waals surface area contributed by atoms with Crippen molar-refractivity contribution in [1.29, 1.82) is 0 Å². The SMILES string of the molecule is CCNC(C)c1sc(N2CCCC(C)(OC)C2)nc1C. The second-order valence-corrected chi connectivity index (χ2v) is 6.91. The fourth-order valence-electron chi connectivity index (χ4n) is 2.87. The highest BCUT2D eigenvalue weighted by Crippen LogP contribution is 2.34. The Bertz CT molecular complexity index is 448. The van der Waals surface area contributed by atoms with E-state index in [-0.39, 0.29) is 5.60 Å². The lowest BCUT2D eigenvalue weighted by molar-refractivity contribution is -0.00466. The molecule has 1 N–H and O–H groups in total. The third-order valence-electron chi connectivity index (χ3n) is 4.15. The Labute approximate surface area is 126 Å². The van der Waals surface area contributed by atoms with Gasteiger partial charge < -0.3 is 15.0 Å². The molecule has 2 unspecified atom stereocenters. The van der Waals surface area contributed by atoms with Crippen LogP contribution in [0.15, 0.2) is 0 Å². The molecule has 0 amide bonds. The fraction of sp³-hybridized carbons (Fsp3) is 0.800. The summed E-state index contributed by atoms with van der Waals surface area (Å²) in [5, 5.41) is 4.62. The molecule has 0 saturated carbocycles. The molecule has 1 aliphatic heterocycles. The predicted molar refractivity (Wildman–Crippen MR) is 85.8 cm³/mol. The highest BCUT2D eigenvalue weighted by atomic mass is 32.1. The lowest BCUT2D eigenvalue weighted by Crippen LogP contribution is -2.47. The first-order valence-electron chi connectivity index (χ1n) is 7.50. The Kier molecular flexibility index (Phi) is 5.04. The van der Waals surface area contributed by atoms with Gasteiger partial charge in [-0.25, -0.2) is 4.98 Å². The summed E-state index contributed by atoms with van der Waals surface area (Å²) in [6.45, 7) is 11.7. The highest BCUT2D eigenvalue weighted by molar-refractivity contribution is 7.15. The van der Waals surface area contributed by atoms with Gasteiger partial charge in [-0.1, -0.05) is 6.92 Å². The van der Waals surface area contributed by atoms with Crippen molar-refractivity contribution in [3.8, 4) is 0 Å². The number of anilines is 1. The molecule has 20 heavy (non-hydrogen) atoms. The number of hydrogen-bond acceptors (Lipinski definition) is 5. The van der Waals surface area contributed by atoms with Gasteiger partial charge in [0.2, 0.25) is 0 Å². The van der Waals surface area contributed by atoms with Crippen LogP contribution in [0.25, 0.3) is 0 Å². The van der Waals surface area contributed by atoms with Gasteiger partial charge in [-0.05, 0) is 40.2 Å². The van der Waals surface area contributed by atoms with Crippen LogP contribution in [-0.4, -0.2) is 37.3 Å². The normalized spacial score (nSPS) is 24.9. The molecule has 4 nitrogen and oxygen atoms in total. The monoisotopic (exact) mass is 297 g/mol. The molecule has 2 heterocycles. The Balaban J connectivity index is 2.15. The van der Waals surface area contributed by atoms with E-state index in [0.29, 0.717) is 6.04 Å². The number of nitrogens with one attached hydrogen (secondary N) is 1. The molecule has 114 valence electrons. The zero-order valence-electron chi connectivity index (χ0n) is 13.3. The number of ether oxygens (including phenoxy) is 1. The van der Waals surface area contributed by atoms with Gasteiger partial charge in [-0.15, -0.1) is 11.3 Å². The fourth-order valence-corrected chi connectivity index (χ4v) is 3.98. The minimum absolute atomic E-state index is 0.0364. The van der Waals surface area contributed by atoms with Gasteiger partial charge in [0.25, 0.3) is 0 Å². The number of nitrogens with zero attached hydrogens (tertiary/aromatic N) is 2. The third kappa shape index (κ3) is 3.32. The first-order valence-corrected chi connectivity index (χ1v) is 8.31. The molecule has 0 bridgehead atoms. The molecule has 0 radical (unpaired) electrons. The maximum Gasteiger partial charge on any atom is 0.185 e. The number of aromatic nitrogens is 1. The molecular weight excluding hydrogens is 270 g/mol. The second kappa shape index (κ2) is 6.41. The van der Waals surface area contributed by atoms with Crippen LogP contribution in [0.5, 0.6) is 0 Å². The van der Waals surface area contributed by atoms with Crippen molar-refractivity contribution in [2.75, 3.05) is 31.6 Å². The molecule has 2 atom stereocenters. The average Bonchev–Trinajstić information content (AvgIpc) is 2.81. The maximum atomic E-state index is 5.68. The number of hydrogen-bond donors (Lipinski definition) is 1. The number of piperidine rings is 1. The van der Waals surface area contributed by atoms with Crippen LogP contribution in [0.1, 0.15) is 50.2 Å². The van der Waals surface area contributed by atoms with Crippen LogP contribution in [0.2, 0.25) is 0 Å². The van der Waals surface area contributed by atoms with Crippen molar-refractivity contribution in [3.63, 3.8) is 0 Å². The standard InChI is InChI=1S/C15H27N3OS/c1-6-16-11(2)13-12(3)17-14(20-13)18-9-7-8-15(4,10-18)19-5/h11,16H,6-10H2,1-5H3. The first kappa shape index (κ1) is 15.7. The zero-order valence-corrected chi connectivity index (χ0v) is 14.1. The van der Waals surface area contributed by atoms with Crippen LogP contribution < -0.4 is 10.2 Å². The second-order valence-electron chi connectivity index (χ2n) is 5.90. The van der Waals surface area contributed by atoms with Crippen molar-refractivity contribution in [2.45, 2.75) is 52.2 Å². The molecule has 0 spiro atoms. The van der Waals surface area contributed by atoms with E-state index in [1.807, 2.05) is 18.4 Å². The quantitative estimate of drug-likeness (QED) is 0.906. The summed E-state index contributed by atoms with van der Waals surface area (Å²) < 4.78 is 5.68. The molecule has 0 aliphatic carbocycles. The Morgan fingerprint density at radius 2 is 2.30 bits per heavy atom. The van der Waals surface area contributed by atoms with Crippen molar-refractivity contribution in [1.82, 2.24) is 10.3 Å². The van der Waals surface area contributed by atoms with Crippen LogP contribution in [0.3, 0.4) is 0 Å². The van der Waals surface area contributed by atoms with E-state index in [1.165, 1.54) is 11.3 Å². The van der Waals surface area contributed by atoms with Crippen LogP contribution in [0.4, 0.5) is 5.13 Å². The molecule has 2 rings (SSSR count). The number of aryl methyl sites for hydroxylation is 1. The lowest BCUT2D eigenvalue weighted by atomic mass is 9.95. The maximum absolute atomic E-state index is 5.68. The average molecular weight is 297 g/mol. The Morgan fingerprint density at radius 1 is 1.55 bits per heavy atom. The summed E-state index contributed by atoms with van der Waals surface area (Å²) in [4.78, 5) is 8.52. The zero-order chi connectivity index (χ0) is 14.8. The third-order valence-corrected chi connectivity index (χ3v) is 5.55. The molecule has 1 aromatic rings. The van der Waals surface area contributed by atoms with Gasteiger partial charge in [0.15, 0.2) is 5.13 Å². The molecule has 5 heteroatoms. The van der Waals surface area contributed by atoms with E-state index in [0.717, 1.165) is 36.9 Å².